The third-order valence-electron chi connectivity index (χ3n) is 6.00. The molecule has 2 bridgehead atoms. The second kappa shape index (κ2) is 7.41. The zero-order valence-electron chi connectivity index (χ0n) is 17.6. The number of nitrogens with zero attached hydrogens (tertiary/aromatic N) is 3. The molecule has 1 saturated heterocycles. The van der Waals surface area contributed by atoms with Crippen molar-refractivity contribution in [3.8, 4) is 11.5 Å². The summed E-state index contributed by atoms with van der Waals surface area (Å²) in [6.07, 6.45) is 3.03. The molecule has 2 heterocycles. The van der Waals surface area contributed by atoms with Crippen molar-refractivity contribution in [2.45, 2.75) is 52.6 Å². The van der Waals surface area contributed by atoms with Crippen molar-refractivity contribution in [1.82, 2.24) is 14.7 Å². The van der Waals surface area contributed by atoms with Gasteiger partial charge in [-0.25, -0.2) is 4.79 Å². The highest BCUT2D eigenvalue weighted by Crippen LogP contribution is 2.52. The lowest BCUT2D eigenvalue weighted by molar-refractivity contribution is -0.153. The van der Waals surface area contributed by atoms with Crippen LogP contribution in [0.3, 0.4) is 0 Å². The quantitative estimate of drug-likeness (QED) is 0.699. The van der Waals surface area contributed by atoms with E-state index in [4.69, 9.17) is 9.15 Å². The molecule has 4 rings (SSSR count). The van der Waals surface area contributed by atoms with Crippen LogP contribution in [-0.4, -0.2) is 45.8 Å². The van der Waals surface area contributed by atoms with Gasteiger partial charge in [-0.3, -0.25) is 9.59 Å². The van der Waals surface area contributed by atoms with E-state index in [-0.39, 0.29) is 35.3 Å². The van der Waals surface area contributed by atoms with E-state index >= 15 is 0 Å². The Kier molecular flexibility index (Phi) is 5.03. The topological polar surface area (TPSA) is 94.6 Å². The van der Waals surface area contributed by atoms with Gasteiger partial charge in [-0.05, 0) is 42.2 Å². The average Bonchev–Trinajstić information content (AvgIpc) is 3.16. The molecule has 1 aromatic carbocycles. The molecule has 2 aromatic rings. The van der Waals surface area contributed by atoms with Crippen LogP contribution in [0.5, 0.6) is 0 Å². The van der Waals surface area contributed by atoms with Gasteiger partial charge in [-0.2, -0.15) is 4.68 Å². The second-order valence-corrected chi connectivity index (χ2v) is 9.59. The van der Waals surface area contributed by atoms with Crippen molar-refractivity contribution in [1.29, 1.82) is 0 Å². The lowest BCUT2D eigenvalue weighted by Gasteiger charge is -2.39. The number of hydrogen-bond acceptors (Lipinski definition) is 6. The standard InChI is InChI=1S/C22H27N3O5/c1-21(2)9-16-10-22(3,13-21)14-24(16)17(26)12-29-18(27)11-25-20(28)30-19(23-25)15-7-5-4-6-8-15/h4-8,16H,9-14H2,1-3H3/t16-,22-/m0/s1. The molecule has 0 N–H and O–H groups in total. The summed E-state index contributed by atoms with van der Waals surface area (Å²) in [6, 6.07) is 9.12. The molecule has 0 unspecified atom stereocenters. The third-order valence-corrected chi connectivity index (χ3v) is 6.00. The molecule has 1 aliphatic carbocycles. The fraction of sp³-hybridized carbons (Fsp3) is 0.545. The number of amides is 1. The molecule has 2 aliphatic rings. The minimum atomic E-state index is -0.749. The Bertz CT molecular complexity index is 1010. The predicted molar refractivity (Wildman–Crippen MR) is 108 cm³/mol. The Morgan fingerprint density at radius 1 is 1.20 bits per heavy atom. The number of hydrogen-bond donors (Lipinski definition) is 0. The SMILES string of the molecule is CC1(C)C[C@H]2C[C@](C)(CN2C(=O)COC(=O)Cn2nc(-c3ccccc3)oc2=O)C1. The van der Waals surface area contributed by atoms with Crippen molar-refractivity contribution in [2.24, 2.45) is 10.8 Å². The Hall–Kier alpha value is -2.90. The van der Waals surface area contributed by atoms with Crippen LogP contribution >= 0.6 is 0 Å². The first-order chi connectivity index (χ1) is 14.1. The minimum absolute atomic E-state index is 0.119. The van der Waals surface area contributed by atoms with E-state index < -0.39 is 18.3 Å². The molecule has 2 fully saturated rings. The average molecular weight is 413 g/mol. The molecule has 2 atom stereocenters. The van der Waals surface area contributed by atoms with Crippen LogP contribution in [0.15, 0.2) is 39.5 Å². The van der Waals surface area contributed by atoms with E-state index in [1.165, 1.54) is 0 Å². The second-order valence-electron chi connectivity index (χ2n) is 9.59. The van der Waals surface area contributed by atoms with Gasteiger partial charge in [0.15, 0.2) is 6.61 Å². The fourth-order valence-electron chi connectivity index (χ4n) is 5.25. The smallest absolute Gasteiger partial charge is 0.437 e. The lowest BCUT2D eigenvalue weighted by Crippen LogP contribution is -2.40. The third kappa shape index (κ3) is 4.17. The van der Waals surface area contributed by atoms with Crippen LogP contribution in [0, 0.1) is 10.8 Å². The number of rotatable bonds is 5. The van der Waals surface area contributed by atoms with Gasteiger partial charge in [-0.1, -0.05) is 39.0 Å². The molecule has 1 aliphatic heterocycles. The van der Waals surface area contributed by atoms with Crippen molar-refractivity contribution < 1.29 is 18.7 Å². The van der Waals surface area contributed by atoms with E-state index in [1.807, 2.05) is 11.0 Å². The van der Waals surface area contributed by atoms with E-state index in [0.29, 0.717) is 12.1 Å². The molecular formula is C22H27N3O5. The zero-order chi connectivity index (χ0) is 21.5. The number of carbonyl (C=O) groups excluding carboxylic acids is 2. The highest BCUT2D eigenvalue weighted by molar-refractivity contribution is 5.81. The highest BCUT2D eigenvalue weighted by atomic mass is 16.5. The van der Waals surface area contributed by atoms with Crippen LogP contribution < -0.4 is 5.76 Å². The molecule has 30 heavy (non-hydrogen) atoms. The maximum absolute atomic E-state index is 12.7. The predicted octanol–water partition coefficient (Wildman–Crippen LogP) is 2.47. The molecule has 0 radical (unpaired) electrons. The Labute approximate surface area is 174 Å². The van der Waals surface area contributed by atoms with E-state index in [2.05, 4.69) is 25.9 Å². The molecule has 0 spiro atoms. The van der Waals surface area contributed by atoms with Crippen LogP contribution in [0.1, 0.15) is 40.0 Å². The van der Waals surface area contributed by atoms with Gasteiger partial charge >= 0.3 is 11.7 Å². The molecule has 1 aromatic heterocycles. The van der Waals surface area contributed by atoms with Crippen molar-refractivity contribution in [3.63, 3.8) is 0 Å². The van der Waals surface area contributed by atoms with E-state index in [9.17, 15) is 14.4 Å². The van der Waals surface area contributed by atoms with Crippen LogP contribution in [0.2, 0.25) is 0 Å². The van der Waals surface area contributed by atoms with Crippen LogP contribution in [0.25, 0.3) is 11.5 Å². The molecule has 8 nitrogen and oxygen atoms in total. The maximum Gasteiger partial charge on any atom is 0.437 e. The first-order valence-electron chi connectivity index (χ1n) is 10.2. The lowest BCUT2D eigenvalue weighted by atomic mass is 9.65. The molecular weight excluding hydrogens is 386 g/mol. The van der Waals surface area contributed by atoms with Crippen molar-refractivity contribution in [2.75, 3.05) is 13.2 Å². The summed E-state index contributed by atoms with van der Waals surface area (Å²) in [7, 11) is 0. The van der Waals surface area contributed by atoms with Gasteiger partial charge in [0, 0.05) is 18.2 Å². The summed E-state index contributed by atoms with van der Waals surface area (Å²) in [4.78, 5) is 38.7. The normalized spacial score (nSPS) is 24.6. The summed E-state index contributed by atoms with van der Waals surface area (Å²) < 4.78 is 11.2. The number of carbonyl (C=O) groups is 2. The fourth-order valence-corrected chi connectivity index (χ4v) is 5.25. The Morgan fingerprint density at radius 2 is 1.93 bits per heavy atom. The van der Waals surface area contributed by atoms with Gasteiger partial charge in [-0.15, -0.1) is 5.10 Å². The molecule has 1 saturated carbocycles. The van der Waals surface area contributed by atoms with Crippen LogP contribution in [0.4, 0.5) is 0 Å². The Balaban J connectivity index is 1.34. The number of likely N-dealkylation sites (tertiary alicyclic amines) is 1. The number of ether oxygens (including phenoxy) is 1. The number of esters is 1. The van der Waals surface area contributed by atoms with Crippen molar-refractivity contribution in [3.05, 3.63) is 40.9 Å². The van der Waals surface area contributed by atoms with E-state index in [0.717, 1.165) is 23.9 Å². The van der Waals surface area contributed by atoms with Gasteiger partial charge < -0.3 is 14.1 Å². The van der Waals surface area contributed by atoms with Gasteiger partial charge in [0.05, 0.1) is 0 Å². The molecule has 1 amide bonds. The highest BCUT2D eigenvalue weighted by Gasteiger charge is 2.50. The molecule has 8 heteroatoms. The summed E-state index contributed by atoms with van der Waals surface area (Å²) in [6.45, 7) is 6.66. The number of benzene rings is 1. The Morgan fingerprint density at radius 3 is 2.67 bits per heavy atom. The van der Waals surface area contributed by atoms with Gasteiger partial charge in [0.2, 0.25) is 5.89 Å². The van der Waals surface area contributed by atoms with E-state index in [1.54, 1.807) is 24.3 Å². The van der Waals surface area contributed by atoms with Crippen LogP contribution in [-0.2, 0) is 20.9 Å². The molecule has 160 valence electrons. The summed E-state index contributed by atoms with van der Waals surface area (Å²) in [5.41, 5.74) is 0.954. The minimum Gasteiger partial charge on any atom is -0.454 e. The summed E-state index contributed by atoms with van der Waals surface area (Å²) in [5, 5.41) is 4.03. The number of aromatic nitrogens is 2. The largest absolute Gasteiger partial charge is 0.454 e. The maximum atomic E-state index is 12.7. The summed E-state index contributed by atoms with van der Waals surface area (Å²) in [5.74, 6) is -1.51. The number of fused-ring (bicyclic) bond motifs is 2. The van der Waals surface area contributed by atoms with Gasteiger partial charge in [0.1, 0.15) is 6.54 Å². The zero-order valence-corrected chi connectivity index (χ0v) is 17.6. The van der Waals surface area contributed by atoms with Gasteiger partial charge in [0.25, 0.3) is 5.91 Å². The monoisotopic (exact) mass is 413 g/mol. The first-order valence-corrected chi connectivity index (χ1v) is 10.2. The van der Waals surface area contributed by atoms with Crippen molar-refractivity contribution >= 4 is 11.9 Å². The summed E-state index contributed by atoms with van der Waals surface area (Å²) >= 11 is 0. The first kappa shape index (κ1) is 20.4.